The van der Waals surface area contributed by atoms with Gasteiger partial charge in [0.15, 0.2) is 0 Å². The number of fused-ring (bicyclic) bond motifs is 1. The fraction of sp³-hybridized carbons (Fsp3) is 0.500. The number of hydrogen-bond acceptors (Lipinski definition) is 3. The Balaban J connectivity index is 2.37. The van der Waals surface area contributed by atoms with Crippen LogP contribution in [0.25, 0.3) is 0 Å². The highest BCUT2D eigenvalue weighted by molar-refractivity contribution is 5.10. The predicted molar refractivity (Wildman–Crippen MR) is 35.6 cm³/mol. The van der Waals surface area contributed by atoms with E-state index in [1.807, 2.05) is 10.8 Å². The van der Waals surface area contributed by atoms with Crippen LogP contribution in [-0.2, 0) is 13.1 Å². The van der Waals surface area contributed by atoms with Crippen LogP contribution in [0, 0.1) is 0 Å². The molecule has 10 heavy (non-hydrogen) atoms. The summed E-state index contributed by atoms with van der Waals surface area (Å²) in [5.74, 6) is 0. The summed E-state index contributed by atoms with van der Waals surface area (Å²) >= 11 is 0. The van der Waals surface area contributed by atoms with E-state index in [0.29, 0.717) is 12.6 Å². The van der Waals surface area contributed by atoms with Crippen LogP contribution in [-0.4, -0.2) is 16.2 Å². The minimum atomic E-state index is 0.489. The van der Waals surface area contributed by atoms with Crippen molar-refractivity contribution in [3.05, 3.63) is 11.9 Å². The molecule has 1 aliphatic rings. The molecule has 0 unspecified atom stereocenters. The molecule has 0 bridgehead atoms. The molecule has 0 aromatic carbocycles. The topological polar surface area (TPSA) is 53.1 Å². The third-order valence-corrected chi connectivity index (χ3v) is 1.56. The summed E-state index contributed by atoms with van der Waals surface area (Å²) in [5.41, 5.74) is 6.28. The van der Waals surface area contributed by atoms with Crippen LogP contribution in [0.5, 0.6) is 6.01 Å². The minimum absolute atomic E-state index is 0.489. The van der Waals surface area contributed by atoms with Crippen LogP contribution < -0.4 is 10.5 Å². The van der Waals surface area contributed by atoms with Crippen molar-refractivity contribution in [1.82, 2.24) is 9.55 Å². The molecular weight excluding hydrogens is 130 g/mol. The zero-order valence-electron chi connectivity index (χ0n) is 5.58. The first-order valence-corrected chi connectivity index (χ1v) is 3.29. The van der Waals surface area contributed by atoms with E-state index in [9.17, 15) is 0 Å². The maximum atomic E-state index is 5.38. The molecule has 1 aliphatic heterocycles. The molecule has 0 aliphatic carbocycles. The van der Waals surface area contributed by atoms with Crippen molar-refractivity contribution < 1.29 is 4.74 Å². The Morgan fingerprint density at radius 3 is 3.40 bits per heavy atom. The molecule has 0 spiro atoms. The summed E-state index contributed by atoms with van der Waals surface area (Å²) < 4.78 is 7.15. The molecule has 1 aromatic rings. The van der Waals surface area contributed by atoms with Gasteiger partial charge in [0, 0.05) is 12.7 Å². The molecule has 2 heterocycles. The number of nitrogens with two attached hydrogens (primary N) is 1. The normalized spacial score (nSPS) is 14.9. The average Bonchev–Trinajstić information content (AvgIpc) is 2.42. The standard InChI is InChI=1S/C6H9N3O/c7-3-5-4-9-1-2-10-6(9)8-5/h4H,1-3,7H2. The van der Waals surface area contributed by atoms with Gasteiger partial charge in [0.1, 0.15) is 6.61 Å². The van der Waals surface area contributed by atoms with Gasteiger partial charge in [-0.3, -0.25) is 4.57 Å². The fourth-order valence-corrected chi connectivity index (χ4v) is 1.06. The lowest BCUT2D eigenvalue weighted by atomic mass is 10.5. The lowest BCUT2D eigenvalue weighted by molar-refractivity contribution is 0.344. The van der Waals surface area contributed by atoms with E-state index < -0.39 is 0 Å². The van der Waals surface area contributed by atoms with E-state index in [1.54, 1.807) is 0 Å². The Bertz CT molecular complexity index is 222. The average molecular weight is 139 g/mol. The van der Waals surface area contributed by atoms with Gasteiger partial charge in [-0.15, -0.1) is 0 Å². The minimum Gasteiger partial charge on any atom is -0.463 e. The number of ether oxygens (including phenoxy) is 1. The van der Waals surface area contributed by atoms with E-state index in [1.165, 1.54) is 0 Å². The number of rotatable bonds is 1. The van der Waals surface area contributed by atoms with Crippen LogP contribution in [0.1, 0.15) is 5.69 Å². The van der Waals surface area contributed by atoms with Crippen LogP contribution >= 0.6 is 0 Å². The highest BCUT2D eigenvalue weighted by Gasteiger charge is 2.13. The van der Waals surface area contributed by atoms with Gasteiger partial charge in [0.25, 0.3) is 6.01 Å². The van der Waals surface area contributed by atoms with Gasteiger partial charge in [0.2, 0.25) is 0 Å². The van der Waals surface area contributed by atoms with E-state index >= 15 is 0 Å². The van der Waals surface area contributed by atoms with Gasteiger partial charge in [0.05, 0.1) is 12.2 Å². The van der Waals surface area contributed by atoms with Crippen molar-refractivity contribution in [2.45, 2.75) is 13.1 Å². The molecule has 0 amide bonds. The number of imidazole rings is 1. The third-order valence-electron chi connectivity index (χ3n) is 1.56. The monoisotopic (exact) mass is 139 g/mol. The molecule has 0 atom stereocenters. The van der Waals surface area contributed by atoms with Crippen molar-refractivity contribution in [2.75, 3.05) is 6.61 Å². The molecule has 1 aromatic heterocycles. The molecular formula is C6H9N3O. The highest BCUT2D eigenvalue weighted by atomic mass is 16.5. The SMILES string of the molecule is NCc1cn2c(n1)OCC2. The van der Waals surface area contributed by atoms with E-state index in [0.717, 1.165) is 18.8 Å². The van der Waals surface area contributed by atoms with Crippen molar-refractivity contribution >= 4 is 0 Å². The van der Waals surface area contributed by atoms with E-state index in [-0.39, 0.29) is 0 Å². The largest absolute Gasteiger partial charge is 0.463 e. The van der Waals surface area contributed by atoms with Crippen LogP contribution in [0.15, 0.2) is 6.20 Å². The zero-order valence-corrected chi connectivity index (χ0v) is 5.58. The van der Waals surface area contributed by atoms with Gasteiger partial charge in [-0.05, 0) is 0 Å². The first-order valence-electron chi connectivity index (χ1n) is 3.29. The number of nitrogens with zero attached hydrogens (tertiary/aromatic N) is 2. The van der Waals surface area contributed by atoms with Gasteiger partial charge in [-0.1, -0.05) is 0 Å². The lowest BCUT2D eigenvalue weighted by Gasteiger charge is -1.87. The maximum Gasteiger partial charge on any atom is 0.296 e. The van der Waals surface area contributed by atoms with E-state index in [2.05, 4.69) is 4.98 Å². The Morgan fingerprint density at radius 2 is 2.70 bits per heavy atom. The molecule has 2 N–H and O–H groups in total. The quantitative estimate of drug-likeness (QED) is 0.583. The first-order chi connectivity index (χ1) is 4.90. The predicted octanol–water partition coefficient (Wildman–Crippen LogP) is -0.266. The van der Waals surface area contributed by atoms with Crippen LogP contribution in [0.3, 0.4) is 0 Å². The van der Waals surface area contributed by atoms with Gasteiger partial charge < -0.3 is 10.5 Å². The third kappa shape index (κ3) is 0.690. The maximum absolute atomic E-state index is 5.38. The summed E-state index contributed by atoms with van der Waals surface area (Å²) in [4.78, 5) is 4.12. The van der Waals surface area contributed by atoms with Crippen molar-refractivity contribution in [3.63, 3.8) is 0 Å². The summed E-state index contributed by atoms with van der Waals surface area (Å²) in [5, 5.41) is 0. The Labute approximate surface area is 58.6 Å². The second kappa shape index (κ2) is 1.98. The summed E-state index contributed by atoms with van der Waals surface area (Å²) in [6, 6.07) is 0.709. The Kier molecular flexibility index (Phi) is 1.14. The summed E-state index contributed by atoms with van der Waals surface area (Å²) in [6.07, 6.45) is 1.93. The number of hydrogen-bond donors (Lipinski definition) is 1. The summed E-state index contributed by atoms with van der Waals surface area (Å²) in [6.45, 7) is 2.14. The Morgan fingerprint density at radius 1 is 1.80 bits per heavy atom. The van der Waals surface area contributed by atoms with Gasteiger partial charge in [-0.2, -0.15) is 4.98 Å². The van der Waals surface area contributed by atoms with Gasteiger partial charge in [-0.25, -0.2) is 0 Å². The molecule has 4 heteroatoms. The molecule has 0 fully saturated rings. The van der Waals surface area contributed by atoms with Crippen molar-refractivity contribution in [1.29, 1.82) is 0 Å². The molecule has 2 rings (SSSR count). The number of aromatic nitrogens is 2. The zero-order chi connectivity index (χ0) is 6.97. The first kappa shape index (κ1) is 5.73. The highest BCUT2D eigenvalue weighted by Crippen LogP contribution is 2.15. The molecule has 4 nitrogen and oxygen atoms in total. The fourth-order valence-electron chi connectivity index (χ4n) is 1.06. The lowest BCUT2D eigenvalue weighted by Crippen LogP contribution is -1.98. The molecule has 54 valence electrons. The second-order valence-corrected chi connectivity index (χ2v) is 2.26. The van der Waals surface area contributed by atoms with Crippen molar-refractivity contribution in [3.8, 4) is 6.01 Å². The molecule has 0 saturated carbocycles. The van der Waals surface area contributed by atoms with Crippen molar-refractivity contribution in [2.24, 2.45) is 5.73 Å². The van der Waals surface area contributed by atoms with E-state index in [4.69, 9.17) is 10.5 Å². The smallest absolute Gasteiger partial charge is 0.296 e. The van der Waals surface area contributed by atoms with Crippen LogP contribution in [0.4, 0.5) is 0 Å². The Hall–Kier alpha value is -1.03. The molecule has 0 saturated heterocycles. The molecule has 0 radical (unpaired) electrons. The second-order valence-electron chi connectivity index (χ2n) is 2.26. The van der Waals surface area contributed by atoms with Gasteiger partial charge >= 0.3 is 0 Å². The van der Waals surface area contributed by atoms with Crippen LogP contribution in [0.2, 0.25) is 0 Å². The summed E-state index contributed by atoms with van der Waals surface area (Å²) in [7, 11) is 0.